The number of hydrogen-bond donors (Lipinski definition) is 0. The van der Waals surface area contributed by atoms with Gasteiger partial charge < -0.3 is 13.9 Å². The number of rotatable bonds is 6. The lowest BCUT2D eigenvalue weighted by Gasteiger charge is -2.13. The highest BCUT2D eigenvalue weighted by Gasteiger charge is 2.22. The van der Waals surface area contributed by atoms with Crippen molar-refractivity contribution >= 4 is 21.8 Å². The van der Waals surface area contributed by atoms with Crippen LogP contribution in [0.5, 0.6) is 11.5 Å². The molecule has 0 aliphatic carbocycles. The molecule has 1 heterocycles. The van der Waals surface area contributed by atoms with Gasteiger partial charge in [0.1, 0.15) is 33.6 Å². The van der Waals surface area contributed by atoms with Crippen molar-refractivity contribution in [1.82, 2.24) is 0 Å². The first kappa shape index (κ1) is 18.9. The van der Waals surface area contributed by atoms with Gasteiger partial charge in [-0.2, -0.15) is 0 Å². The summed E-state index contributed by atoms with van der Waals surface area (Å²) < 4.78 is 29.5. The van der Waals surface area contributed by atoms with Gasteiger partial charge in [-0.1, -0.05) is 23.8 Å². The van der Waals surface area contributed by atoms with Gasteiger partial charge in [-0.15, -0.1) is 6.58 Å². The largest absolute Gasteiger partial charge is 0.496 e. The van der Waals surface area contributed by atoms with Crippen LogP contribution in [0.3, 0.4) is 0 Å². The Morgan fingerprint density at radius 2 is 1.81 bits per heavy atom. The van der Waals surface area contributed by atoms with Gasteiger partial charge in [0.05, 0.1) is 25.0 Å². The molecule has 0 bridgehead atoms. The van der Waals surface area contributed by atoms with Gasteiger partial charge in [-0.25, -0.2) is 4.21 Å². The van der Waals surface area contributed by atoms with Crippen LogP contribution in [0, 0.1) is 6.92 Å². The summed E-state index contributed by atoms with van der Waals surface area (Å²) >= 11 is 0. The minimum absolute atomic E-state index is 0.0689. The van der Waals surface area contributed by atoms with Crippen LogP contribution in [0.2, 0.25) is 0 Å². The Morgan fingerprint density at radius 3 is 2.41 bits per heavy atom. The molecule has 1 unspecified atom stereocenters. The average molecular weight is 384 g/mol. The Morgan fingerprint density at radius 1 is 1.15 bits per heavy atom. The molecule has 2 aromatic carbocycles. The summed E-state index contributed by atoms with van der Waals surface area (Å²) in [6.07, 6.45) is 3.40. The smallest absolute Gasteiger partial charge is 0.212 e. The first-order valence-electron chi connectivity index (χ1n) is 8.30. The number of hydrogen-bond acceptors (Lipinski definition) is 5. The second-order valence-electron chi connectivity index (χ2n) is 5.97. The van der Waals surface area contributed by atoms with Crippen LogP contribution < -0.4 is 14.9 Å². The fourth-order valence-electron chi connectivity index (χ4n) is 2.88. The number of benzene rings is 2. The quantitative estimate of drug-likeness (QED) is 0.601. The molecule has 6 heteroatoms. The zero-order valence-corrected chi connectivity index (χ0v) is 16.2. The summed E-state index contributed by atoms with van der Waals surface area (Å²) in [6, 6.07) is 8.82. The zero-order valence-electron chi connectivity index (χ0n) is 15.4. The molecule has 0 amide bonds. The van der Waals surface area contributed by atoms with Crippen LogP contribution >= 0.6 is 0 Å². The van der Waals surface area contributed by atoms with E-state index in [-0.39, 0.29) is 15.7 Å². The lowest BCUT2D eigenvalue weighted by atomic mass is 10.1. The van der Waals surface area contributed by atoms with Crippen molar-refractivity contribution in [1.29, 1.82) is 0 Å². The molecule has 0 radical (unpaired) electrons. The van der Waals surface area contributed by atoms with Crippen molar-refractivity contribution in [3.8, 4) is 11.5 Å². The Bertz CT molecular complexity index is 1080. The van der Waals surface area contributed by atoms with E-state index in [1.807, 2.05) is 19.1 Å². The van der Waals surface area contributed by atoms with E-state index >= 15 is 0 Å². The van der Waals surface area contributed by atoms with Gasteiger partial charge in [0, 0.05) is 16.5 Å². The van der Waals surface area contributed by atoms with Gasteiger partial charge in [-0.05, 0) is 25.5 Å². The molecule has 27 heavy (non-hydrogen) atoms. The Kier molecular flexibility index (Phi) is 5.46. The van der Waals surface area contributed by atoms with E-state index in [0.717, 1.165) is 5.56 Å². The average Bonchev–Trinajstić information content (AvgIpc) is 2.68. The Hall–Kier alpha value is -2.86. The van der Waals surface area contributed by atoms with Gasteiger partial charge >= 0.3 is 0 Å². The lowest BCUT2D eigenvalue weighted by molar-refractivity contribution is 0.393. The first-order valence-corrected chi connectivity index (χ1v) is 9.45. The fraction of sp³-hybridized carbons (Fsp3) is 0.190. The molecular weight excluding hydrogens is 364 g/mol. The highest BCUT2D eigenvalue weighted by atomic mass is 32.2. The molecule has 0 aliphatic rings. The standard InChI is InChI=1S/C21H20O5S/c1-5-6-15-16(24-3)11-17(25-4)19-20(22)18(12-26-21(15)19)27(23)14-9-7-13(2)8-10-14/h5,7-12H,1,6H2,2-4H3. The predicted molar refractivity (Wildman–Crippen MR) is 105 cm³/mol. The highest BCUT2D eigenvalue weighted by molar-refractivity contribution is 7.85. The Labute approximate surface area is 159 Å². The third kappa shape index (κ3) is 3.40. The summed E-state index contributed by atoms with van der Waals surface area (Å²) in [5.74, 6) is 0.848. The third-order valence-electron chi connectivity index (χ3n) is 4.26. The number of ether oxygens (including phenoxy) is 2. The lowest BCUT2D eigenvalue weighted by Crippen LogP contribution is -2.13. The van der Waals surface area contributed by atoms with Crippen molar-refractivity contribution in [2.45, 2.75) is 23.1 Å². The van der Waals surface area contributed by atoms with Crippen LogP contribution in [-0.2, 0) is 17.2 Å². The fourth-order valence-corrected chi connectivity index (χ4v) is 3.93. The van der Waals surface area contributed by atoms with E-state index in [9.17, 15) is 9.00 Å². The zero-order chi connectivity index (χ0) is 19.6. The maximum atomic E-state index is 13.1. The minimum Gasteiger partial charge on any atom is -0.496 e. The molecular formula is C21H20O5S. The van der Waals surface area contributed by atoms with E-state index in [1.165, 1.54) is 20.5 Å². The molecule has 1 atom stereocenters. The van der Waals surface area contributed by atoms with Gasteiger partial charge in [-0.3, -0.25) is 4.79 Å². The molecule has 1 aromatic heterocycles. The molecule has 3 rings (SSSR count). The summed E-state index contributed by atoms with van der Waals surface area (Å²) in [5.41, 5.74) is 1.69. The van der Waals surface area contributed by atoms with E-state index < -0.39 is 10.8 Å². The SMILES string of the molecule is C=CCc1c(OC)cc(OC)c2c(=O)c(S(=O)c3ccc(C)cc3)coc12. The van der Waals surface area contributed by atoms with E-state index in [2.05, 4.69) is 6.58 Å². The second-order valence-corrected chi connectivity index (χ2v) is 7.42. The molecule has 140 valence electrons. The van der Waals surface area contributed by atoms with Crippen molar-refractivity contribution in [3.63, 3.8) is 0 Å². The molecule has 0 spiro atoms. The normalized spacial score (nSPS) is 12.0. The predicted octanol–water partition coefficient (Wildman–Crippen LogP) is 4.01. The molecule has 3 aromatic rings. The second kappa shape index (κ2) is 7.80. The summed E-state index contributed by atoms with van der Waals surface area (Å²) in [5, 5.41) is 0.244. The van der Waals surface area contributed by atoms with Gasteiger partial charge in [0.2, 0.25) is 5.43 Å². The van der Waals surface area contributed by atoms with E-state index in [0.29, 0.717) is 34.0 Å². The summed E-state index contributed by atoms with van der Waals surface area (Å²) in [4.78, 5) is 13.7. The van der Waals surface area contributed by atoms with Gasteiger partial charge in [0.15, 0.2) is 0 Å². The van der Waals surface area contributed by atoms with Crippen LogP contribution in [-0.4, -0.2) is 18.4 Å². The third-order valence-corrected chi connectivity index (χ3v) is 5.65. The molecule has 0 aliphatic heterocycles. The highest BCUT2D eigenvalue weighted by Crippen LogP contribution is 2.35. The van der Waals surface area contributed by atoms with Crippen LogP contribution in [0.1, 0.15) is 11.1 Å². The first-order chi connectivity index (χ1) is 13.0. The van der Waals surface area contributed by atoms with Crippen molar-refractivity contribution < 1.29 is 18.1 Å². The topological polar surface area (TPSA) is 65.7 Å². The van der Waals surface area contributed by atoms with Crippen LogP contribution in [0.25, 0.3) is 11.0 Å². The van der Waals surface area contributed by atoms with E-state index in [4.69, 9.17) is 13.9 Å². The van der Waals surface area contributed by atoms with Crippen molar-refractivity contribution in [3.05, 3.63) is 70.6 Å². The summed E-state index contributed by atoms with van der Waals surface area (Å²) in [6.45, 7) is 5.68. The maximum absolute atomic E-state index is 13.1. The van der Waals surface area contributed by atoms with Crippen LogP contribution in [0.15, 0.2) is 68.3 Å². The molecule has 0 saturated heterocycles. The molecule has 5 nitrogen and oxygen atoms in total. The number of methoxy groups -OCH3 is 2. The van der Waals surface area contributed by atoms with Crippen molar-refractivity contribution in [2.75, 3.05) is 14.2 Å². The summed E-state index contributed by atoms with van der Waals surface area (Å²) in [7, 11) is 1.33. The maximum Gasteiger partial charge on any atom is 0.212 e. The molecule has 0 saturated carbocycles. The monoisotopic (exact) mass is 384 g/mol. The molecule has 0 fully saturated rings. The Balaban J connectivity index is 2.28. The van der Waals surface area contributed by atoms with Crippen LogP contribution in [0.4, 0.5) is 0 Å². The molecule has 0 N–H and O–H groups in total. The van der Waals surface area contributed by atoms with E-state index in [1.54, 1.807) is 24.3 Å². The van der Waals surface area contributed by atoms with Crippen molar-refractivity contribution in [2.24, 2.45) is 0 Å². The number of aryl methyl sites for hydroxylation is 1. The number of fused-ring (bicyclic) bond motifs is 1. The minimum atomic E-state index is -1.66. The van der Waals surface area contributed by atoms with Gasteiger partial charge in [0.25, 0.3) is 0 Å². The number of allylic oxidation sites excluding steroid dienone is 1.